The predicted octanol–water partition coefficient (Wildman–Crippen LogP) is 3.63. The van der Waals surface area contributed by atoms with E-state index in [1.807, 2.05) is 48.5 Å². The topological polar surface area (TPSA) is 105 Å². The van der Waals surface area contributed by atoms with Crippen LogP contribution in [0.15, 0.2) is 70.2 Å². The Morgan fingerprint density at radius 1 is 1.06 bits per heavy atom. The number of fused-ring (bicyclic) bond motifs is 1. The van der Waals surface area contributed by atoms with Gasteiger partial charge in [-0.1, -0.05) is 17.3 Å². The molecule has 3 heterocycles. The Morgan fingerprint density at radius 3 is 2.55 bits per heavy atom. The Balaban J connectivity index is 1.15. The molecule has 168 valence electrons. The number of hydrogen-bond acceptors (Lipinski definition) is 6. The van der Waals surface area contributed by atoms with E-state index in [2.05, 4.69) is 15.8 Å². The van der Waals surface area contributed by atoms with E-state index in [4.69, 9.17) is 4.52 Å². The fourth-order valence-electron chi connectivity index (χ4n) is 4.07. The van der Waals surface area contributed by atoms with Crippen molar-refractivity contribution in [2.24, 2.45) is 5.92 Å². The van der Waals surface area contributed by atoms with E-state index in [9.17, 15) is 14.4 Å². The molecule has 2 N–H and O–H groups in total. The molecule has 1 aromatic heterocycles. The maximum absolute atomic E-state index is 13.0. The van der Waals surface area contributed by atoms with Crippen LogP contribution in [-0.2, 0) is 14.4 Å². The molecule has 33 heavy (non-hydrogen) atoms. The Morgan fingerprint density at radius 2 is 1.82 bits per heavy atom. The Kier molecular flexibility index (Phi) is 5.87. The number of likely N-dealkylation sites (tertiary alicyclic amines) is 1. The van der Waals surface area contributed by atoms with Gasteiger partial charge in [0.1, 0.15) is 0 Å². The normalized spacial score (nSPS) is 18.4. The fourth-order valence-corrected chi connectivity index (χ4v) is 5.14. The summed E-state index contributed by atoms with van der Waals surface area (Å²) in [7, 11) is 0. The van der Waals surface area contributed by atoms with E-state index in [-0.39, 0.29) is 23.6 Å². The average molecular weight is 463 g/mol. The van der Waals surface area contributed by atoms with E-state index in [1.165, 1.54) is 11.8 Å². The van der Waals surface area contributed by atoms with E-state index >= 15 is 0 Å². The van der Waals surface area contributed by atoms with Gasteiger partial charge in [0.15, 0.2) is 11.0 Å². The number of para-hydroxylation sites is 1. The average Bonchev–Trinajstić information content (AvgIpc) is 3.39. The molecule has 2 aliphatic heterocycles. The minimum Gasteiger partial charge on any atom is -0.356 e. The molecule has 0 unspecified atom stereocenters. The maximum atomic E-state index is 13.0. The number of benzene rings is 2. The fraction of sp³-hybridized carbons (Fsp3) is 0.250. The number of nitrogens with one attached hydrogen (secondary N) is 2. The van der Waals surface area contributed by atoms with Crippen LogP contribution in [0.4, 0.5) is 11.4 Å². The summed E-state index contributed by atoms with van der Waals surface area (Å²) in [4.78, 5) is 40.8. The Hall–Kier alpha value is -3.59. The molecular weight excluding hydrogens is 440 g/mol. The monoisotopic (exact) mass is 462 g/mol. The molecule has 3 aromatic rings. The van der Waals surface area contributed by atoms with Gasteiger partial charge >= 0.3 is 0 Å². The molecule has 5 rings (SSSR count). The number of carbonyl (C=O) groups excluding carboxylic acids is 3. The summed E-state index contributed by atoms with van der Waals surface area (Å²) in [6.45, 7) is 0.903. The van der Waals surface area contributed by atoms with Crippen LogP contribution in [0.5, 0.6) is 0 Å². The molecular formula is C24H22N4O4S. The first-order valence-electron chi connectivity index (χ1n) is 10.8. The van der Waals surface area contributed by atoms with Crippen molar-refractivity contribution in [3.63, 3.8) is 0 Å². The molecule has 0 spiro atoms. The summed E-state index contributed by atoms with van der Waals surface area (Å²) in [5, 5.41) is 8.67. The maximum Gasteiger partial charge on any atom is 0.247 e. The summed E-state index contributed by atoms with van der Waals surface area (Å²) >= 11 is 1.28. The van der Waals surface area contributed by atoms with Crippen LogP contribution in [0.25, 0.3) is 11.3 Å². The first-order valence-corrected chi connectivity index (χ1v) is 11.6. The van der Waals surface area contributed by atoms with Gasteiger partial charge in [-0.3, -0.25) is 14.4 Å². The SMILES string of the molecule is O=C(Nc1ccc(-c2ccno2)cc1)C1CCN(C(=O)[C@H]2Sc3ccccc3NC2=O)CC1. The molecule has 8 nitrogen and oxygen atoms in total. The van der Waals surface area contributed by atoms with Crippen molar-refractivity contribution in [1.82, 2.24) is 10.1 Å². The van der Waals surface area contributed by atoms with Gasteiger partial charge in [-0.25, -0.2) is 0 Å². The Labute approximate surface area is 194 Å². The van der Waals surface area contributed by atoms with Crippen molar-refractivity contribution in [3.8, 4) is 11.3 Å². The number of piperidine rings is 1. The zero-order valence-electron chi connectivity index (χ0n) is 17.7. The van der Waals surface area contributed by atoms with Gasteiger partial charge in [0.25, 0.3) is 0 Å². The number of hydrogen-bond donors (Lipinski definition) is 2. The Bertz CT molecular complexity index is 1170. The van der Waals surface area contributed by atoms with Crippen molar-refractivity contribution < 1.29 is 18.9 Å². The number of carbonyl (C=O) groups is 3. The van der Waals surface area contributed by atoms with E-state index in [1.54, 1.807) is 17.2 Å². The van der Waals surface area contributed by atoms with Crippen molar-refractivity contribution in [2.45, 2.75) is 23.0 Å². The predicted molar refractivity (Wildman–Crippen MR) is 125 cm³/mol. The van der Waals surface area contributed by atoms with Crippen LogP contribution in [0.3, 0.4) is 0 Å². The quantitative estimate of drug-likeness (QED) is 0.574. The van der Waals surface area contributed by atoms with Crippen molar-refractivity contribution in [3.05, 3.63) is 60.8 Å². The number of anilines is 2. The van der Waals surface area contributed by atoms with Gasteiger partial charge in [-0.15, -0.1) is 11.8 Å². The van der Waals surface area contributed by atoms with Gasteiger partial charge in [0.2, 0.25) is 17.7 Å². The van der Waals surface area contributed by atoms with Crippen molar-refractivity contribution >= 4 is 40.9 Å². The second-order valence-corrected chi connectivity index (χ2v) is 9.17. The van der Waals surface area contributed by atoms with Crippen LogP contribution in [-0.4, -0.2) is 46.1 Å². The second kappa shape index (κ2) is 9.11. The van der Waals surface area contributed by atoms with E-state index in [0.29, 0.717) is 37.4 Å². The number of rotatable bonds is 4. The van der Waals surface area contributed by atoms with Crippen LogP contribution < -0.4 is 10.6 Å². The van der Waals surface area contributed by atoms with Gasteiger partial charge in [-0.2, -0.15) is 0 Å². The van der Waals surface area contributed by atoms with Crippen LogP contribution in [0.2, 0.25) is 0 Å². The molecule has 1 atom stereocenters. The standard InChI is InChI=1S/C24H22N4O4S/c29-22(26-17-7-5-15(6-8-17)19-9-12-25-32-19)16-10-13-28(14-11-16)24(31)21-23(30)27-18-3-1-2-4-20(18)33-21/h1-9,12,16,21H,10-11,13-14H2,(H,26,29)(H,27,30)/t21-/m0/s1. The highest BCUT2D eigenvalue weighted by Gasteiger charge is 2.37. The lowest BCUT2D eigenvalue weighted by atomic mass is 9.95. The minimum absolute atomic E-state index is 0.0618. The van der Waals surface area contributed by atoms with Crippen molar-refractivity contribution in [1.29, 1.82) is 0 Å². The highest BCUT2D eigenvalue weighted by molar-refractivity contribution is 8.01. The van der Waals surface area contributed by atoms with E-state index < -0.39 is 5.25 Å². The number of amides is 3. The van der Waals surface area contributed by atoms with Gasteiger partial charge < -0.3 is 20.1 Å². The summed E-state index contributed by atoms with van der Waals surface area (Å²) in [5.41, 5.74) is 2.32. The molecule has 2 aromatic carbocycles. The second-order valence-electron chi connectivity index (χ2n) is 8.03. The molecule has 1 saturated heterocycles. The molecule has 0 radical (unpaired) electrons. The summed E-state index contributed by atoms with van der Waals surface area (Å²) in [6.07, 6.45) is 2.70. The zero-order valence-corrected chi connectivity index (χ0v) is 18.5. The summed E-state index contributed by atoms with van der Waals surface area (Å²) in [6, 6.07) is 16.6. The van der Waals surface area contributed by atoms with E-state index in [0.717, 1.165) is 16.1 Å². The minimum atomic E-state index is -0.798. The van der Waals surface area contributed by atoms with Crippen molar-refractivity contribution in [2.75, 3.05) is 23.7 Å². The lowest BCUT2D eigenvalue weighted by molar-refractivity contribution is -0.136. The molecule has 2 aliphatic rings. The molecule has 0 bridgehead atoms. The first kappa shape index (κ1) is 21.3. The molecule has 0 saturated carbocycles. The van der Waals surface area contributed by atoms with Gasteiger partial charge in [0.05, 0.1) is 11.9 Å². The number of thioether (sulfide) groups is 1. The molecule has 9 heteroatoms. The number of aromatic nitrogens is 1. The first-order chi connectivity index (χ1) is 16.1. The molecule has 1 fully saturated rings. The zero-order chi connectivity index (χ0) is 22.8. The highest BCUT2D eigenvalue weighted by Crippen LogP contribution is 2.36. The summed E-state index contributed by atoms with van der Waals surface area (Å²) < 4.78 is 5.14. The third-order valence-corrected chi connectivity index (χ3v) is 7.17. The molecule has 3 amide bonds. The third kappa shape index (κ3) is 4.49. The van der Waals surface area contributed by atoms with Crippen LogP contribution in [0, 0.1) is 5.92 Å². The highest BCUT2D eigenvalue weighted by atomic mass is 32.2. The van der Waals surface area contributed by atoms with Crippen LogP contribution >= 0.6 is 11.8 Å². The molecule has 0 aliphatic carbocycles. The lowest BCUT2D eigenvalue weighted by Crippen LogP contribution is -2.48. The lowest BCUT2D eigenvalue weighted by Gasteiger charge is -2.34. The third-order valence-electron chi connectivity index (χ3n) is 5.90. The largest absolute Gasteiger partial charge is 0.356 e. The van der Waals surface area contributed by atoms with Gasteiger partial charge in [0, 0.05) is 41.2 Å². The smallest absolute Gasteiger partial charge is 0.247 e. The van der Waals surface area contributed by atoms with Crippen LogP contribution in [0.1, 0.15) is 12.8 Å². The number of nitrogens with zero attached hydrogens (tertiary/aromatic N) is 2. The summed E-state index contributed by atoms with van der Waals surface area (Å²) in [5.74, 6) is -0.0748. The van der Waals surface area contributed by atoms with Gasteiger partial charge in [-0.05, 0) is 49.2 Å².